The summed E-state index contributed by atoms with van der Waals surface area (Å²) in [6.07, 6.45) is 1.66. The SMILES string of the molecule is CON=C(C(=O)NC1C(=O)N2CC(C=CCOC(N)=O)(C(=O)[O-])CS[C@H]12)c1csc(N)n1.[Na+]. The van der Waals surface area contributed by atoms with Gasteiger partial charge in [0.1, 0.15) is 30.8 Å². The minimum atomic E-state index is -1.48. The molecule has 13 nitrogen and oxygen atoms in total. The molecule has 0 aliphatic carbocycles. The zero-order valence-corrected chi connectivity index (χ0v) is 21.3. The minimum Gasteiger partial charge on any atom is -0.549 e. The number of β-lactam (4-membered cyclic amide) rings is 1. The summed E-state index contributed by atoms with van der Waals surface area (Å²) in [7, 11) is 1.26. The normalized spacial score (nSPS) is 24.3. The number of carbonyl (C=O) groups is 4. The van der Waals surface area contributed by atoms with Crippen LogP contribution >= 0.6 is 23.1 Å². The van der Waals surface area contributed by atoms with E-state index in [1.165, 1.54) is 41.3 Å². The number of aromatic nitrogens is 1. The van der Waals surface area contributed by atoms with Crippen molar-refractivity contribution in [3.8, 4) is 0 Å². The van der Waals surface area contributed by atoms with Crippen LogP contribution in [0.3, 0.4) is 0 Å². The molecule has 3 heterocycles. The van der Waals surface area contributed by atoms with Crippen molar-refractivity contribution in [2.24, 2.45) is 16.3 Å². The number of ether oxygens (including phenoxy) is 1. The predicted molar refractivity (Wildman–Crippen MR) is 112 cm³/mol. The van der Waals surface area contributed by atoms with Crippen molar-refractivity contribution in [3.63, 3.8) is 0 Å². The standard InChI is InChI=1S/C17H20N6O7S2.Na/c1-29-22-9(8-5-31-15(18)20-8)11(24)21-10-12(25)23-6-17(14(26)27,7-32-13(10)23)3-2-4-30-16(19)28;/h2-3,5,10,13H,4,6-7H2,1H3,(H2,18,20)(H2,19,28)(H,21,24)(H,26,27);/q;+1/p-1/t10?,13-,17?;/m1./s1. The van der Waals surface area contributed by atoms with Crippen LogP contribution in [0.25, 0.3) is 0 Å². The van der Waals surface area contributed by atoms with Gasteiger partial charge in [-0.1, -0.05) is 17.3 Å². The fraction of sp³-hybridized carbons (Fsp3) is 0.412. The monoisotopic (exact) mass is 506 g/mol. The van der Waals surface area contributed by atoms with Gasteiger partial charge in [-0.3, -0.25) is 9.59 Å². The van der Waals surface area contributed by atoms with Gasteiger partial charge in [0, 0.05) is 17.7 Å². The van der Waals surface area contributed by atoms with E-state index in [1.54, 1.807) is 0 Å². The fourth-order valence-corrected chi connectivity index (χ4v) is 5.25. The van der Waals surface area contributed by atoms with Gasteiger partial charge in [0.25, 0.3) is 5.91 Å². The second kappa shape index (κ2) is 11.2. The summed E-state index contributed by atoms with van der Waals surface area (Å²) >= 11 is 2.29. The average Bonchev–Trinajstić information content (AvgIpc) is 3.18. The molecular weight excluding hydrogens is 487 g/mol. The number of carboxylic acids is 1. The second-order valence-corrected chi connectivity index (χ2v) is 8.78. The van der Waals surface area contributed by atoms with Gasteiger partial charge in [-0.15, -0.1) is 23.1 Å². The third-order valence-corrected chi connectivity index (χ3v) is 6.94. The molecule has 172 valence electrons. The van der Waals surface area contributed by atoms with Crippen molar-refractivity contribution in [3.05, 3.63) is 23.2 Å². The Morgan fingerprint density at radius 3 is 2.79 bits per heavy atom. The molecule has 16 heteroatoms. The summed E-state index contributed by atoms with van der Waals surface area (Å²) in [5.74, 6) is -2.45. The third kappa shape index (κ3) is 5.78. The van der Waals surface area contributed by atoms with E-state index >= 15 is 0 Å². The first-order chi connectivity index (χ1) is 15.2. The molecule has 5 N–H and O–H groups in total. The van der Waals surface area contributed by atoms with E-state index in [9.17, 15) is 24.3 Å². The van der Waals surface area contributed by atoms with E-state index in [2.05, 4.69) is 20.2 Å². The number of oxime groups is 1. The molecule has 1 aromatic rings. The molecule has 2 aliphatic rings. The zero-order chi connectivity index (χ0) is 23.5. The average molecular weight is 506 g/mol. The van der Waals surface area contributed by atoms with Gasteiger partial charge in [-0.05, 0) is 0 Å². The molecule has 3 amide bonds. The van der Waals surface area contributed by atoms with Crippen molar-refractivity contribution in [2.45, 2.75) is 11.4 Å². The van der Waals surface area contributed by atoms with E-state index in [-0.39, 0.29) is 65.0 Å². The summed E-state index contributed by atoms with van der Waals surface area (Å²) in [5.41, 5.74) is 9.04. The molecule has 2 saturated heterocycles. The summed E-state index contributed by atoms with van der Waals surface area (Å²) in [5, 5.41) is 19.4. The topological polar surface area (TPSA) is 202 Å². The van der Waals surface area contributed by atoms with Crippen LogP contribution < -0.4 is 51.4 Å². The number of primary amides is 1. The Bertz CT molecular complexity index is 1000. The quantitative estimate of drug-likeness (QED) is 0.101. The Balaban J connectivity index is 0.00000385. The number of fused-ring (bicyclic) bond motifs is 1. The Kier molecular flexibility index (Phi) is 9.13. The molecule has 1 aromatic heterocycles. The summed E-state index contributed by atoms with van der Waals surface area (Å²) in [6, 6.07) is -0.882. The third-order valence-electron chi connectivity index (χ3n) is 4.72. The van der Waals surface area contributed by atoms with Gasteiger partial charge >= 0.3 is 35.7 Å². The molecule has 0 radical (unpaired) electrons. The molecule has 33 heavy (non-hydrogen) atoms. The van der Waals surface area contributed by atoms with Gasteiger partial charge < -0.3 is 41.2 Å². The number of amides is 3. The number of nitrogens with one attached hydrogen (secondary N) is 1. The molecule has 2 aliphatic heterocycles. The molecule has 0 saturated carbocycles. The number of hydrogen-bond acceptors (Lipinski definition) is 12. The smallest absolute Gasteiger partial charge is 0.549 e. The van der Waals surface area contributed by atoms with Gasteiger partial charge in [0.15, 0.2) is 10.8 Å². The van der Waals surface area contributed by atoms with Crippen LogP contribution in [-0.2, 0) is 24.0 Å². The van der Waals surface area contributed by atoms with Crippen LogP contribution in [0.4, 0.5) is 9.93 Å². The zero-order valence-electron chi connectivity index (χ0n) is 17.7. The summed E-state index contributed by atoms with van der Waals surface area (Å²) in [4.78, 5) is 57.8. The molecular formula is C17H19N6NaO7S2. The van der Waals surface area contributed by atoms with Gasteiger partial charge in [0.05, 0.1) is 11.4 Å². The van der Waals surface area contributed by atoms with Gasteiger partial charge in [-0.2, -0.15) is 0 Å². The maximum absolute atomic E-state index is 12.7. The van der Waals surface area contributed by atoms with Crippen LogP contribution in [0.15, 0.2) is 22.7 Å². The van der Waals surface area contributed by atoms with Crippen molar-refractivity contribution in [1.82, 2.24) is 15.2 Å². The number of hydrogen-bond donors (Lipinski definition) is 3. The Hall–Kier alpha value is -2.33. The van der Waals surface area contributed by atoms with Crippen LogP contribution in [-0.4, -0.2) is 76.9 Å². The molecule has 2 fully saturated rings. The van der Waals surface area contributed by atoms with Crippen molar-refractivity contribution < 1.29 is 63.4 Å². The van der Waals surface area contributed by atoms with Crippen molar-refractivity contribution in [1.29, 1.82) is 0 Å². The molecule has 0 spiro atoms. The number of thiazole rings is 1. The van der Waals surface area contributed by atoms with E-state index in [0.29, 0.717) is 0 Å². The van der Waals surface area contributed by atoms with Gasteiger partial charge in [0.2, 0.25) is 5.91 Å². The van der Waals surface area contributed by atoms with Gasteiger partial charge in [-0.25, -0.2) is 9.78 Å². The van der Waals surface area contributed by atoms with Crippen LogP contribution in [0, 0.1) is 5.41 Å². The molecule has 0 bridgehead atoms. The maximum Gasteiger partial charge on any atom is 1.00 e. The van der Waals surface area contributed by atoms with Crippen LogP contribution in [0.2, 0.25) is 0 Å². The first kappa shape index (κ1) is 26.9. The number of carboxylic acid groups (broad SMARTS) is 1. The number of rotatable bonds is 8. The number of nitrogen functional groups attached to an aromatic ring is 1. The Morgan fingerprint density at radius 1 is 1.48 bits per heavy atom. The minimum absolute atomic E-state index is 0. The van der Waals surface area contributed by atoms with Crippen LogP contribution in [0.5, 0.6) is 0 Å². The molecule has 2 unspecified atom stereocenters. The first-order valence-corrected chi connectivity index (χ1v) is 11.0. The largest absolute Gasteiger partial charge is 1.00 e. The molecule has 0 aromatic carbocycles. The summed E-state index contributed by atoms with van der Waals surface area (Å²) in [6.45, 7) is -0.374. The van der Waals surface area contributed by atoms with E-state index in [4.69, 9.17) is 16.3 Å². The first-order valence-electron chi connectivity index (χ1n) is 9.05. The molecule has 3 atom stereocenters. The summed E-state index contributed by atoms with van der Waals surface area (Å²) < 4.78 is 4.55. The number of thioether (sulfide) groups is 1. The molecule has 3 rings (SSSR count). The van der Waals surface area contributed by atoms with E-state index < -0.39 is 40.7 Å². The number of nitrogens with two attached hydrogens (primary N) is 2. The number of anilines is 1. The van der Waals surface area contributed by atoms with Crippen molar-refractivity contribution >= 4 is 57.8 Å². The fourth-order valence-electron chi connectivity index (χ4n) is 3.19. The Labute approximate surface area is 218 Å². The second-order valence-electron chi connectivity index (χ2n) is 6.79. The van der Waals surface area contributed by atoms with Crippen molar-refractivity contribution in [2.75, 3.05) is 31.7 Å². The van der Waals surface area contributed by atoms with E-state index in [1.807, 2.05) is 0 Å². The van der Waals surface area contributed by atoms with Crippen LogP contribution in [0.1, 0.15) is 5.69 Å². The number of carbonyl (C=O) groups excluding carboxylic acids is 4. The maximum atomic E-state index is 12.7. The Morgan fingerprint density at radius 2 is 2.21 bits per heavy atom. The number of nitrogens with zero attached hydrogens (tertiary/aromatic N) is 3. The number of aliphatic carboxylic acids is 1. The van der Waals surface area contributed by atoms with E-state index in [0.717, 1.165) is 11.3 Å². The predicted octanol–water partition coefficient (Wildman–Crippen LogP) is -5.13.